The summed E-state index contributed by atoms with van der Waals surface area (Å²) in [5.41, 5.74) is 4.11. The summed E-state index contributed by atoms with van der Waals surface area (Å²) in [5, 5.41) is 0. The van der Waals surface area contributed by atoms with Crippen LogP contribution >= 0.6 is 15.9 Å². The molecule has 1 aromatic rings. The number of rotatable bonds is 4. The first-order chi connectivity index (χ1) is 7.53. The average molecular weight is 287 g/mol. The highest BCUT2D eigenvalue weighted by Crippen LogP contribution is 2.48. The molecule has 16 heavy (non-hydrogen) atoms. The van der Waals surface area contributed by atoms with Gasteiger partial charge >= 0.3 is 0 Å². The van der Waals surface area contributed by atoms with Crippen molar-refractivity contribution in [2.45, 2.75) is 32.2 Å². The zero-order chi connectivity index (χ0) is 11.8. The lowest BCUT2D eigenvalue weighted by Crippen LogP contribution is -2.42. The van der Waals surface area contributed by atoms with Gasteiger partial charge in [-0.15, -0.1) is 0 Å². The van der Waals surface area contributed by atoms with Crippen LogP contribution in [0.2, 0.25) is 0 Å². The quantitative estimate of drug-likeness (QED) is 0.660. The first-order valence-corrected chi connectivity index (χ1v) is 6.24. The summed E-state index contributed by atoms with van der Waals surface area (Å²) in [5.74, 6) is 5.36. The molecule has 3 N–H and O–H groups in total. The monoisotopic (exact) mass is 286 g/mol. The SMILES string of the molecule is CC1(C(Cc2cc(F)cc(Br)c2)NN)CC1. The van der Waals surface area contributed by atoms with Crippen LogP contribution in [0.1, 0.15) is 25.3 Å². The Morgan fingerprint density at radius 2 is 2.19 bits per heavy atom. The Morgan fingerprint density at radius 1 is 1.50 bits per heavy atom. The number of nitrogens with one attached hydrogen (secondary N) is 1. The van der Waals surface area contributed by atoms with Gasteiger partial charge in [0.15, 0.2) is 0 Å². The second-order valence-electron chi connectivity index (χ2n) is 4.86. The van der Waals surface area contributed by atoms with Crippen molar-refractivity contribution < 1.29 is 4.39 Å². The number of benzene rings is 1. The average Bonchev–Trinajstić information content (AvgIpc) is 2.92. The zero-order valence-electron chi connectivity index (χ0n) is 9.26. The third-order valence-corrected chi connectivity index (χ3v) is 3.90. The lowest BCUT2D eigenvalue weighted by molar-refractivity contribution is 0.359. The molecule has 1 saturated carbocycles. The minimum atomic E-state index is -0.207. The third-order valence-electron chi connectivity index (χ3n) is 3.44. The van der Waals surface area contributed by atoms with Gasteiger partial charge in [-0.2, -0.15) is 0 Å². The summed E-state index contributed by atoms with van der Waals surface area (Å²) in [6.07, 6.45) is 3.15. The second-order valence-corrected chi connectivity index (χ2v) is 5.77. The molecule has 0 heterocycles. The molecule has 0 aliphatic heterocycles. The van der Waals surface area contributed by atoms with Crippen molar-refractivity contribution in [3.8, 4) is 0 Å². The lowest BCUT2D eigenvalue weighted by Gasteiger charge is -2.22. The van der Waals surface area contributed by atoms with Crippen LogP contribution in [0.5, 0.6) is 0 Å². The Morgan fingerprint density at radius 3 is 2.69 bits per heavy atom. The van der Waals surface area contributed by atoms with Crippen molar-refractivity contribution in [1.82, 2.24) is 5.43 Å². The van der Waals surface area contributed by atoms with Gasteiger partial charge < -0.3 is 0 Å². The summed E-state index contributed by atoms with van der Waals surface area (Å²) in [7, 11) is 0. The van der Waals surface area contributed by atoms with Gasteiger partial charge in [0.25, 0.3) is 0 Å². The molecule has 0 bridgehead atoms. The fraction of sp³-hybridized carbons (Fsp3) is 0.500. The molecule has 2 nitrogen and oxygen atoms in total. The molecular weight excluding hydrogens is 271 g/mol. The smallest absolute Gasteiger partial charge is 0.124 e. The molecule has 1 aromatic carbocycles. The molecule has 4 heteroatoms. The molecular formula is C12H16BrFN2. The van der Waals surface area contributed by atoms with Gasteiger partial charge in [0, 0.05) is 10.5 Å². The van der Waals surface area contributed by atoms with Crippen LogP contribution in [0.25, 0.3) is 0 Å². The largest absolute Gasteiger partial charge is 0.271 e. The number of hydrogen-bond acceptors (Lipinski definition) is 2. The van der Waals surface area contributed by atoms with Crippen LogP contribution in [0, 0.1) is 11.2 Å². The van der Waals surface area contributed by atoms with Gasteiger partial charge in [-0.05, 0) is 48.4 Å². The summed E-state index contributed by atoms with van der Waals surface area (Å²) in [4.78, 5) is 0. The first kappa shape index (κ1) is 12.0. The van der Waals surface area contributed by atoms with Gasteiger partial charge in [0.05, 0.1) is 0 Å². The number of hydrazine groups is 1. The van der Waals surface area contributed by atoms with Gasteiger partial charge in [0.1, 0.15) is 5.82 Å². The van der Waals surface area contributed by atoms with E-state index in [9.17, 15) is 4.39 Å². The standard InChI is InChI=1S/C12H16BrFN2/c1-12(2-3-12)11(16-15)6-8-4-9(13)7-10(14)5-8/h4-5,7,11,16H,2-3,6,15H2,1H3. The Kier molecular flexibility index (Phi) is 3.33. The molecule has 0 aromatic heterocycles. The van der Waals surface area contributed by atoms with Gasteiger partial charge in [-0.25, -0.2) is 4.39 Å². The fourth-order valence-corrected chi connectivity index (χ4v) is 2.53. The number of hydrogen-bond donors (Lipinski definition) is 2. The Labute approximate surface area is 104 Å². The topological polar surface area (TPSA) is 38.0 Å². The first-order valence-electron chi connectivity index (χ1n) is 5.44. The molecule has 0 spiro atoms. The van der Waals surface area contributed by atoms with Crippen molar-refractivity contribution in [2.24, 2.45) is 11.3 Å². The van der Waals surface area contributed by atoms with Crippen LogP contribution < -0.4 is 11.3 Å². The molecule has 1 unspecified atom stereocenters. The number of halogens is 2. The minimum Gasteiger partial charge on any atom is -0.271 e. The van der Waals surface area contributed by atoms with Crippen molar-refractivity contribution in [3.63, 3.8) is 0 Å². The van der Waals surface area contributed by atoms with Crippen molar-refractivity contribution in [2.75, 3.05) is 0 Å². The van der Waals surface area contributed by atoms with E-state index in [0.717, 1.165) is 16.5 Å². The highest BCUT2D eigenvalue weighted by Gasteiger charge is 2.44. The molecule has 2 rings (SSSR count). The summed E-state index contributed by atoms with van der Waals surface area (Å²) in [6, 6.07) is 5.20. The van der Waals surface area contributed by atoms with E-state index in [-0.39, 0.29) is 17.3 Å². The molecule has 0 radical (unpaired) electrons. The molecule has 1 aliphatic rings. The Bertz CT molecular complexity index is 370. The summed E-state index contributed by atoms with van der Waals surface area (Å²) in [6.45, 7) is 2.21. The fourth-order valence-electron chi connectivity index (χ4n) is 2.02. The summed E-state index contributed by atoms with van der Waals surface area (Å²) >= 11 is 3.30. The van der Waals surface area contributed by atoms with Crippen molar-refractivity contribution >= 4 is 15.9 Å². The van der Waals surface area contributed by atoms with E-state index in [2.05, 4.69) is 28.3 Å². The van der Waals surface area contributed by atoms with Gasteiger partial charge in [0.2, 0.25) is 0 Å². The Balaban J connectivity index is 2.12. The van der Waals surface area contributed by atoms with E-state index in [1.165, 1.54) is 18.9 Å². The van der Waals surface area contributed by atoms with Crippen LogP contribution in [0.3, 0.4) is 0 Å². The molecule has 1 atom stereocenters. The van der Waals surface area contributed by atoms with E-state index in [0.29, 0.717) is 0 Å². The molecule has 1 aliphatic carbocycles. The van der Waals surface area contributed by atoms with Crippen LogP contribution in [0.4, 0.5) is 4.39 Å². The van der Waals surface area contributed by atoms with E-state index < -0.39 is 0 Å². The third kappa shape index (κ3) is 2.62. The van der Waals surface area contributed by atoms with Crippen LogP contribution in [0.15, 0.2) is 22.7 Å². The molecule has 88 valence electrons. The van der Waals surface area contributed by atoms with Crippen LogP contribution in [-0.2, 0) is 6.42 Å². The number of nitrogens with two attached hydrogens (primary N) is 1. The molecule has 0 amide bonds. The predicted molar refractivity (Wildman–Crippen MR) is 66.3 cm³/mol. The Hall–Kier alpha value is -0.450. The highest BCUT2D eigenvalue weighted by atomic mass is 79.9. The second kappa shape index (κ2) is 4.43. The van der Waals surface area contributed by atoms with Gasteiger partial charge in [-0.3, -0.25) is 11.3 Å². The zero-order valence-corrected chi connectivity index (χ0v) is 10.8. The maximum absolute atomic E-state index is 13.2. The molecule has 1 fully saturated rings. The van der Waals surface area contributed by atoms with E-state index in [1.807, 2.05) is 6.07 Å². The highest BCUT2D eigenvalue weighted by molar-refractivity contribution is 9.10. The summed E-state index contributed by atoms with van der Waals surface area (Å²) < 4.78 is 14.0. The normalized spacial score (nSPS) is 19.5. The van der Waals surface area contributed by atoms with E-state index in [4.69, 9.17) is 5.84 Å². The van der Waals surface area contributed by atoms with Crippen molar-refractivity contribution in [1.29, 1.82) is 0 Å². The molecule has 0 saturated heterocycles. The predicted octanol–water partition coefficient (Wildman–Crippen LogP) is 2.76. The van der Waals surface area contributed by atoms with E-state index in [1.54, 1.807) is 6.07 Å². The van der Waals surface area contributed by atoms with Crippen molar-refractivity contribution in [3.05, 3.63) is 34.1 Å². The van der Waals surface area contributed by atoms with E-state index >= 15 is 0 Å². The maximum atomic E-state index is 13.2. The van der Waals surface area contributed by atoms with Gasteiger partial charge in [-0.1, -0.05) is 22.9 Å². The maximum Gasteiger partial charge on any atom is 0.124 e. The van der Waals surface area contributed by atoms with Crippen LogP contribution in [-0.4, -0.2) is 6.04 Å². The minimum absolute atomic E-state index is 0.207. The lowest BCUT2D eigenvalue weighted by atomic mass is 9.93.